The summed E-state index contributed by atoms with van der Waals surface area (Å²) in [7, 11) is 0. The lowest BCUT2D eigenvalue weighted by molar-refractivity contribution is -0.132. The van der Waals surface area contributed by atoms with Crippen LogP contribution < -0.4 is 10.6 Å². The minimum atomic E-state index is -1.23. The Labute approximate surface area is 186 Å². The summed E-state index contributed by atoms with van der Waals surface area (Å²) in [5.74, 6) is -0.319. The Morgan fingerprint density at radius 2 is 1.68 bits per heavy atom. The van der Waals surface area contributed by atoms with Crippen LogP contribution in [-0.2, 0) is 20.8 Å². The van der Waals surface area contributed by atoms with Gasteiger partial charge in [0.05, 0.1) is 12.5 Å². The van der Waals surface area contributed by atoms with Crippen LogP contribution in [0.1, 0.15) is 71.3 Å². The molecule has 6 heteroatoms. The number of amides is 2. The molecule has 2 rings (SSSR count). The third kappa shape index (κ3) is 8.82. The molecular formula is C25H38N2O4. The molecule has 3 N–H and O–H groups in total. The fourth-order valence-electron chi connectivity index (χ4n) is 4.34. The third-order valence-electron chi connectivity index (χ3n) is 6.00. The van der Waals surface area contributed by atoms with Gasteiger partial charge in [-0.2, -0.15) is 0 Å². The Bertz CT molecular complexity index is 713. The predicted octanol–water partition coefficient (Wildman–Crippen LogP) is 3.17. The number of aliphatic hydroxyl groups excluding tert-OH is 1. The first-order chi connectivity index (χ1) is 14.8. The molecule has 31 heavy (non-hydrogen) atoms. The zero-order valence-electron chi connectivity index (χ0n) is 19.1. The topological polar surface area (TPSA) is 95.5 Å². The van der Waals surface area contributed by atoms with E-state index in [1.165, 1.54) is 13.3 Å². The van der Waals surface area contributed by atoms with Gasteiger partial charge < -0.3 is 15.7 Å². The monoisotopic (exact) mass is 430 g/mol. The molecule has 0 saturated heterocycles. The number of ketones is 1. The summed E-state index contributed by atoms with van der Waals surface area (Å²) in [5, 5.41) is 16.2. The minimum Gasteiger partial charge on any atom is -0.383 e. The molecule has 3 atom stereocenters. The smallest absolute Gasteiger partial charge is 0.242 e. The van der Waals surface area contributed by atoms with Gasteiger partial charge in [0.15, 0.2) is 5.78 Å². The van der Waals surface area contributed by atoms with Gasteiger partial charge in [-0.25, -0.2) is 0 Å². The molecule has 0 unspecified atom stereocenters. The summed E-state index contributed by atoms with van der Waals surface area (Å²) < 4.78 is 0. The Morgan fingerprint density at radius 1 is 1.03 bits per heavy atom. The number of nitrogens with one attached hydrogen (secondary N) is 2. The summed E-state index contributed by atoms with van der Waals surface area (Å²) in [6.07, 6.45) is 5.65. The van der Waals surface area contributed by atoms with Crippen LogP contribution in [0.5, 0.6) is 0 Å². The van der Waals surface area contributed by atoms with E-state index in [1.807, 2.05) is 44.2 Å². The first-order valence-corrected chi connectivity index (χ1v) is 11.6. The van der Waals surface area contributed by atoms with E-state index in [2.05, 4.69) is 10.6 Å². The van der Waals surface area contributed by atoms with Crippen molar-refractivity contribution in [3.63, 3.8) is 0 Å². The Kier molecular flexibility index (Phi) is 10.2. The maximum atomic E-state index is 13.1. The number of hydrogen-bond acceptors (Lipinski definition) is 4. The average Bonchev–Trinajstić information content (AvgIpc) is 2.73. The van der Waals surface area contributed by atoms with Gasteiger partial charge in [0.25, 0.3) is 0 Å². The van der Waals surface area contributed by atoms with Crippen LogP contribution in [0.15, 0.2) is 30.3 Å². The van der Waals surface area contributed by atoms with Gasteiger partial charge in [-0.3, -0.25) is 14.4 Å². The van der Waals surface area contributed by atoms with Gasteiger partial charge in [0.1, 0.15) is 12.1 Å². The van der Waals surface area contributed by atoms with Crippen LogP contribution >= 0.6 is 0 Å². The normalized spacial score (nSPS) is 17.6. The zero-order chi connectivity index (χ0) is 22.8. The highest BCUT2D eigenvalue weighted by Crippen LogP contribution is 2.28. The Morgan fingerprint density at radius 3 is 2.26 bits per heavy atom. The number of Topliss-reactive ketones (excluding diaryl/α,β-unsaturated/α-hetero) is 1. The number of carbonyl (C=O) groups is 3. The number of benzene rings is 1. The molecule has 1 fully saturated rings. The molecule has 172 valence electrons. The second kappa shape index (κ2) is 12.6. The maximum Gasteiger partial charge on any atom is 0.242 e. The number of hydrogen-bond donors (Lipinski definition) is 3. The largest absolute Gasteiger partial charge is 0.383 e. The van der Waals surface area contributed by atoms with Gasteiger partial charge in [0, 0.05) is 0 Å². The molecule has 0 bridgehead atoms. The van der Waals surface area contributed by atoms with E-state index in [-0.39, 0.29) is 29.9 Å². The maximum absolute atomic E-state index is 13.1. The lowest BCUT2D eigenvalue weighted by atomic mass is 9.83. The molecule has 0 aliphatic heterocycles. The SMILES string of the molecule is CC(=O)[C@H](O)[C@H](CC1CCCCC1)NC(=O)[C@H](CC(C)C)NC(=O)Cc1ccccc1. The summed E-state index contributed by atoms with van der Waals surface area (Å²) in [6.45, 7) is 5.33. The lowest BCUT2D eigenvalue weighted by Gasteiger charge is -2.31. The molecule has 1 saturated carbocycles. The Balaban J connectivity index is 2.05. The summed E-state index contributed by atoms with van der Waals surface area (Å²) >= 11 is 0. The van der Waals surface area contributed by atoms with Crippen LogP contribution in [0, 0.1) is 11.8 Å². The van der Waals surface area contributed by atoms with E-state index < -0.39 is 18.2 Å². The second-order valence-corrected chi connectivity index (χ2v) is 9.32. The van der Waals surface area contributed by atoms with E-state index in [4.69, 9.17) is 0 Å². The minimum absolute atomic E-state index is 0.197. The second-order valence-electron chi connectivity index (χ2n) is 9.32. The quantitative estimate of drug-likeness (QED) is 0.502. The molecule has 1 aliphatic carbocycles. The van der Waals surface area contributed by atoms with Crippen LogP contribution in [0.2, 0.25) is 0 Å². The summed E-state index contributed by atoms with van der Waals surface area (Å²) in [4.78, 5) is 37.5. The van der Waals surface area contributed by atoms with Crippen molar-refractivity contribution < 1.29 is 19.5 Å². The molecule has 1 aliphatic rings. The molecule has 6 nitrogen and oxygen atoms in total. The molecule has 2 amide bonds. The van der Waals surface area contributed by atoms with Crippen molar-refractivity contribution in [2.24, 2.45) is 11.8 Å². The molecule has 1 aromatic carbocycles. The number of carbonyl (C=O) groups excluding carboxylic acids is 3. The molecule has 0 radical (unpaired) electrons. The molecule has 0 heterocycles. The van der Waals surface area contributed by atoms with Gasteiger partial charge in [0.2, 0.25) is 11.8 Å². The van der Waals surface area contributed by atoms with Crippen molar-refractivity contribution in [2.75, 3.05) is 0 Å². The van der Waals surface area contributed by atoms with Crippen LogP contribution in [-0.4, -0.2) is 40.9 Å². The van der Waals surface area contributed by atoms with Gasteiger partial charge in [-0.1, -0.05) is 76.3 Å². The standard InChI is InChI=1S/C25H38N2O4/c1-17(2)14-22(26-23(29)16-20-12-8-5-9-13-20)25(31)27-21(24(30)18(3)28)15-19-10-6-4-7-11-19/h5,8-9,12-13,17,19,21-22,24,30H,4,6-7,10-11,14-16H2,1-3H3,(H,26,29)(H,27,31)/t21-,22-,24-/m0/s1. The van der Waals surface area contributed by atoms with Crippen LogP contribution in [0.4, 0.5) is 0 Å². The van der Waals surface area contributed by atoms with Crippen molar-refractivity contribution in [1.29, 1.82) is 0 Å². The highest BCUT2D eigenvalue weighted by atomic mass is 16.3. The van der Waals surface area contributed by atoms with E-state index in [1.54, 1.807) is 0 Å². The van der Waals surface area contributed by atoms with Gasteiger partial charge in [-0.05, 0) is 37.2 Å². The van der Waals surface area contributed by atoms with Crippen molar-refractivity contribution in [2.45, 2.75) is 90.3 Å². The highest BCUT2D eigenvalue weighted by molar-refractivity contribution is 5.89. The highest BCUT2D eigenvalue weighted by Gasteiger charge is 2.31. The van der Waals surface area contributed by atoms with Crippen molar-refractivity contribution in [1.82, 2.24) is 10.6 Å². The van der Waals surface area contributed by atoms with E-state index in [0.717, 1.165) is 31.2 Å². The summed E-state index contributed by atoms with van der Waals surface area (Å²) in [5.41, 5.74) is 0.880. The number of rotatable bonds is 11. The van der Waals surface area contributed by atoms with Gasteiger partial charge in [-0.15, -0.1) is 0 Å². The average molecular weight is 431 g/mol. The van der Waals surface area contributed by atoms with E-state index >= 15 is 0 Å². The number of aliphatic hydroxyl groups is 1. The lowest BCUT2D eigenvalue weighted by Crippen LogP contribution is -2.54. The fourth-order valence-corrected chi connectivity index (χ4v) is 4.34. The van der Waals surface area contributed by atoms with Crippen molar-refractivity contribution in [3.05, 3.63) is 35.9 Å². The van der Waals surface area contributed by atoms with Crippen molar-refractivity contribution in [3.8, 4) is 0 Å². The van der Waals surface area contributed by atoms with Crippen LogP contribution in [0.3, 0.4) is 0 Å². The molecule has 1 aromatic rings. The van der Waals surface area contributed by atoms with Crippen LogP contribution in [0.25, 0.3) is 0 Å². The molecule has 0 aromatic heterocycles. The fraction of sp³-hybridized carbons (Fsp3) is 0.640. The van der Waals surface area contributed by atoms with E-state index in [9.17, 15) is 19.5 Å². The Hall–Kier alpha value is -2.21. The van der Waals surface area contributed by atoms with E-state index in [0.29, 0.717) is 18.8 Å². The summed E-state index contributed by atoms with van der Waals surface area (Å²) in [6, 6.07) is 8.06. The molecule has 0 spiro atoms. The molecular weight excluding hydrogens is 392 g/mol. The predicted molar refractivity (Wildman–Crippen MR) is 121 cm³/mol. The van der Waals surface area contributed by atoms with Crippen molar-refractivity contribution >= 4 is 17.6 Å². The third-order valence-corrected chi connectivity index (χ3v) is 6.00. The first-order valence-electron chi connectivity index (χ1n) is 11.6. The first kappa shape index (κ1) is 25.1. The van der Waals surface area contributed by atoms with Gasteiger partial charge >= 0.3 is 0 Å². The zero-order valence-corrected chi connectivity index (χ0v) is 19.1.